The Hall–Kier alpha value is -3.29. The largest absolute Gasteiger partial charge is 0.495 e. The van der Waals surface area contributed by atoms with E-state index in [0.29, 0.717) is 11.8 Å². The summed E-state index contributed by atoms with van der Waals surface area (Å²) in [5.74, 6) is 3.65. The molecule has 0 amide bonds. The first-order chi connectivity index (χ1) is 13.2. The van der Waals surface area contributed by atoms with Crippen molar-refractivity contribution in [1.29, 1.82) is 0 Å². The molecular formula is C19H22N6O2. The number of aryl methyl sites for hydroxylation is 1. The molecule has 0 atom stereocenters. The van der Waals surface area contributed by atoms with Gasteiger partial charge in [-0.3, -0.25) is 0 Å². The number of ether oxygens (including phenoxy) is 1. The molecule has 0 bridgehead atoms. The molecule has 0 saturated carbocycles. The Kier molecular flexibility index (Phi) is 4.78. The van der Waals surface area contributed by atoms with Crippen LogP contribution in [-0.2, 0) is 0 Å². The predicted octanol–water partition coefficient (Wildman–Crippen LogP) is 2.85. The average Bonchev–Trinajstić information content (AvgIpc) is 3.13. The van der Waals surface area contributed by atoms with Gasteiger partial charge in [-0.05, 0) is 25.1 Å². The summed E-state index contributed by atoms with van der Waals surface area (Å²) in [7, 11) is 1.71. The topological polar surface area (TPSA) is 79.5 Å². The second kappa shape index (κ2) is 7.53. The van der Waals surface area contributed by atoms with E-state index in [1.54, 1.807) is 13.3 Å². The lowest BCUT2D eigenvalue weighted by molar-refractivity contribution is 0.400. The third-order valence-corrected chi connectivity index (χ3v) is 4.54. The van der Waals surface area contributed by atoms with Crippen LogP contribution in [0.15, 0.2) is 47.1 Å². The maximum Gasteiger partial charge on any atom is 0.230 e. The molecule has 1 aliphatic heterocycles. The number of anilines is 4. The van der Waals surface area contributed by atoms with Gasteiger partial charge in [0.1, 0.15) is 17.3 Å². The molecule has 3 heterocycles. The molecule has 4 rings (SSSR count). The number of methoxy groups -OCH3 is 1. The maximum absolute atomic E-state index is 5.49. The number of rotatable bonds is 5. The maximum atomic E-state index is 5.49. The number of aromatic nitrogens is 3. The van der Waals surface area contributed by atoms with Crippen molar-refractivity contribution in [3.63, 3.8) is 0 Å². The highest BCUT2D eigenvalue weighted by Crippen LogP contribution is 2.29. The van der Waals surface area contributed by atoms with Crippen molar-refractivity contribution in [3.05, 3.63) is 48.4 Å². The molecule has 1 aliphatic rings. The molecule has 0 radical (unpaired) electrons. The van der Waals surface area contributed by atoms with Crippen molar-refractivity contribution in [2.45, 2.75) is 6.92 Å². The fourth-order valence-electron chi connectivity index (χ4n) is 3.19. The molecule has 1 fully saturated rings. The highest BCUT2D eigenvalue weighted by molar-refractivity contribution is 5.59. The van der Waals surface area contributed by atoms with Crippen LogP contribution in [0.1, 0.15) is 5.76 Å². The summed E-state index contributed by atoms with van der Waals surface area (Å²) >= 11 is 0. The zero-order valence-corrected chi connectivity index (χ0v) is 15.4. The predicted molar refractivity (Wildman–Crippen MR) is 104 cm³/mol. The standard InChI is InChI=1S/C19H22N6O2/c1-14-13-17(23-27-14)21-19-20-8-7-18(22-19)25-11-9-24(10-12-25)15-5-3-4-6-16(15)26-2/h3-8,13H,9-12H2,1-2H3,(H,20,21,22,23). The molecule has 0 aliphatic carbocycles. The molecule has 1 saturated heterocycles. The quantitative estimate of drug-likeness (QED) is 0.738. The van der Waals surface area contributed by atoms with Gasteiger partial charge in [-0.15, -0.1) is 0 Å². The number of nitrogens with zero attached hydrogens (tertiary/aromatic N) is 5. The van der Waals surface area contributed by atoms with Crippen molar-refractivity contribution in [3.8, 4) is 5.75 Å². The zero-order chi connectivity index (χ0) is 18.6. The third-order valence-electron chi connectivity index (χ3n) is 4.54. The number of para-hydroxylation sites is 2. The number of piperazine rings is 1. The first-order valence-corrected chi connectivity index (χ1v) is 8.89. The first kappa shape index (κ1) is 17.1. The molecule has 2 aromatic heterocycles. The minimum Gasteiger partial charge on any atom is -0.495 e. The smallest absolute Gasteiger partial charge is 0.230 e. The molecule has 0 unspecified atom stereocenters. The normalized spacial score (nSPS) is 14.3. The summed E-state index contributed by atoms with van der Waals surface area (Å²) in [6.45, 7) is 5.39. The van der Waals surface area contributed by atoms with Gasteiger partial charge in [0.15, 0.2) is 5.82 Å². The molecule has 140 valence electrons. The van der Waals surface area contributed by atoms with Crippen molar-refractivity contribution in [1.82, 2.24) is 15.1 Å². The van der Waals surface area contributed by atoms with Crippen LogP contribution in [0, 0.1) is 6.92 Å². The van der Waals surface area contributed by atoms with E-state index in [4.69, 9.17) is 9.26 Å². The van der Waals surface area contributed by atoms with E-state index in [2.05, 4.69) is 36.3 Å². The fraction of sp³-hybridized carbons (Fsp3) is 0.316. The Balaban J connectivity index is 1.43. The molecule has 1 aromatic carbocycles. The van der Waals surface area contributed by atoms with Crippen LogP contribution in [0.5, 0.6) is 5.75 Å². The SMILES string of the molecule is COc1ccccc1N1CCN(c2ccnc(Nc3cc(C)on3)n2)CC1. The van der Waals surface area contributed by atoms with Crippen molar-refractivity contribution in [2.24, 2.45) is 0 Å². The van der Waals surface area contributed by atoms with Crippen LogP contribution >= 0.6 is 0 Å². The second-order valence-corrected chi connectivity index (χ2v) is 6.33. The van der Waals surface area contributed by atoms with Crippen LogP contribution < -0.4 is 19.9 Å². The Morgan fingerprint density at radius 1 is 1.07 bits per heavy atom. The van der Waals surface area contributed by atoms with Crippen LogP contribution in [0.25, 0.3) is 0 Å². The molecule has 3 aromatic rings. The average molecular weight is 366 g/mol. The summed E-state index contributed by atoms with van der Waals surface area (Å²) in [4.78, 5) is 13.5. The molecule has 8 nitrogen and oxygen atoms in total. The summed E-state index contributed by atoms with van der Waals surface area (Å²) < 4.78 is 10.5. The number of nitrogens with one attached hydrogen (secondary N) is 1. The lowest BCUT2D eigenvalue weighted by atomic mass is 10.2. The number of benzene rings is 1. The van der Waals surface area contributed by atoms with E-state index < -0.39 is 0 Å². The van der Waals surface area contributed by atoms with Gasteiger partial charge in [0.2, 0.25) is 5.95 Å². The summed E-state index contributed by atoms with van der Waals surface area (Å²) in [6.07, 6.45) is 1.75. The molecule has 0 spiro atoms. The number of hydrogen-bond donors (Lipinski definition) is 1. The van der Waals surface area contributed by atoms with E-state index in [1.165, 1.54) is 0 Å². The fourth-order valence-corrected chi connectivity index (χ4v) is 3.19. The van der Waals surface area contributed by atoms with Crippen LogP contribution in [-0.4, -0.2) is 48.4 Å². The van der Waals surface area contributed by atoms with Crippen molar-refractivity contribution < 1.29 is 9.26 Å². The lowest BCUT2D eigenvalue weighted by Gasteiger charge is -2.37. The molecular weight excluding hydrogens is 344 g/mol. The minimum atomic E-state index is 0.507. The first-order valence-electron chi connectivity index (χ1n) is 8.89. The van der Waals surface area contributed by atoms with Gasteiger partial charge in [0, 0.05) is 38.4 Å². The van der Waals surface area contributed by atoms with Crippen molar-refractivity contribution >= 4 is 23.3 Å². The Morgan fingerprint density at radius 3 is 2.59 bits per heavy atom. The highest BCUT2D eigenvalue weighted by Gasteiger charge is 2.20. The minimum absolute atomic E-state index is 0.507. The Bertz CT molecular complexity index is 904. The van der Waals surface area contributed by atoms with Crippen LogP contribution in [0.2, 0.25) is 0 Å². The van der Waals surface area contributed by atoms with E-state index in [-0.39, 0.29) is 0 Å². The Morgan fingerprint density at radius 2 is 1.85 bits per heavy atom. The van der Waals surface area contributed by atoms with Gasteiger partial charge in [0.25, 0.3) is 0 Å². The van der Waals surface area contributed by atoms with Crippen LogP contribution in [0.4, 0.5) is 23.3 Å². The van der Waals surface area contributed by atoms with Gasteiger partial charge in [-0.25, -0.2) is 4.98 Å². The van der Waals surface area contributed by atoms with Crippen molar-refractivity contribution in [2.75, 3.05) is 48.4 Å². The van der Waals surface area contributed by atoms with Gasteiger partial charge >= 0.3 is 0 Å². The molecule has 1 N–H and O–H groups in total. The van der Waals surface area contributed by atoms with Crippen LogP contribution in [0.3, 0.4) is 0 Å². The van der Waals surface area contributed by atoms with E-state index in [9.17, 15) is 0 Å². The van der Waals surface area contributed by atoms with Gasteiger partial charge in [-0.1, -0.05) is 17.3 Å². The summed E-state index contributed by atoms with van der Waals surface area (Å²) in [5.41, 5.74) is 1.13. The second-order valence-electron chi connectivity index (χ2n) is 6.33. The van der Waals surface area contributed by atoms with E-state index >= 15 is 0 Å². The van der Waals surface area contributed by atoms with E-state index in [0.717, 1.165) is 49.2 Å². The van der Waals surface area contributed by atoms with E-state index in [1.807, 2.05) is 37.3 Å². The zero-order valence-electron chi connectivity index (χ0n) is 15.4. The van der Waals surface area contributed by atoms with Gasteiger partial charge in [-0.2, -0.15) is 4.98 Å². The summed E-state index contributed by atoms with van der Waals surface area (Å²) in [5, 5.41) is 6.99. The third kappa shape index (κ3) is 3.79. The number of hydrogen-bond acceptors (Lipinski definition) is 8. The van der Waals surface area contributed by atoms with Gasteiger partial charge in [0.05, 0.1) is 12.8 Å². The monoisotopic (exact) mass is 366 g/mol. The summed E-state index contributed by atoms with van der Waals surface area (Å²) in [6, 6.07) is 11.9. The highest BCUT2D eigenvalue weighted by atomic mass is 16.5. The van der Waals surface area contributed by atoms with Gasteiger partial charge < -0.3 is 24.4 Å². The molecule has 27 heavy (non-hydrogen) atoms. The lowest BCUT2D eigenvalue weighted by Crippen LogP contribution is -2.47. The molecule has 8 heteroatoms. The Labute approximate surface area is 157 Å².